The van der Waals surface area contributed by atoms with Crippen molar-refractivity contribution in [2.24, 2.45) is 0 Å². The van der Waals surface area contributed by atoms with Crippen LogP contribution in [0.4, 0.5) is 5.00 Å². The molecule has 0 aliphatic heterocycles. The Hall–Kier alpha value is -3.44. The van der Waals surface area contributed by atoms with Gasteiger partial charge in [0.25, 0.3) is 5.91 Å². The number of esters is 1. The van der Waals surface area contributed by atoms with E-state index in [2.05, 4.69) is 5.32 Å². The first kappa shape index (κ1) is 22.8. The molecule has 8 heteroatoms. The van der Waals surface area contributed by atoms with E-state index in [0.717, 1.165) is 11.3 Å². The van der Waals surface area contributed by atoms with E-state index in [9.17, 15) is 19.6 Å². The fourth-order valence-electron chi connectivity index (χ4n) is 2.70. The second-order valence-corrected chi connectivity index (χ2v) is 7.18. The van der Waals surface area contributed by atoms with Crippen LogP contribution in [0.25, 0.3) is 6.08 Å². The number of anilines is 1. The molecule has 156 valence electrons. The first-order chi connectivity index (χ1) is 14.3. The van der Waals surface area contributed by atoms with Crippen LogP contribution < -0.4 is 10.1 Å². The first-order valence-electron chi connectivity index (χ1n) is 9.29. The average molecular weight is 426 g/mol. The predicted molar refractivity (Wildman–Crippen MR) is 115 cm³/mol. The lowest BCUT2D eigenvalue weighted by molar-refractivity contribution is -0.112. The van der Waals surface area contributed by atoms with Gasteiger partial charge in [0, 0.05) is 0 Å². The van der Waals surface area contributed by atoms with Crippen LogP contribution in [-0.2, 0) is 9.53 Å². The molecule has 1 N–H and O–H groups in total. The third-order valence-corrected chi connectivity index (χ3v) is 5.35. The van der Waals surface area contributed by atoms with Crippen LogP contribution in [0.15, 0.2) is 29.8 Å². The topological polar surface area (TPSA) is 105 Å². The van der Waals surface area contributed by atoms with Gasteiger partial charge in [-0.1, -0.05) is 12.1 Å². The molecule has 0 radical (unpaired) electrons. The number of carbonyl (C=O) groups is 3. The van der Waals surface area contributed by atoms with Gasteiger partial charge in [0.1, 0.15) is 22.4 Å². The van der Waals surface area contributed by atoms with Crippen LogP contribution in [0.1, 0.15) is 51.9 Å². The van der Waals surface area contributed by atoms with E-state index in [-0.39, 0.29) is 28.5 Å². The Kier molecular flexibility index (Phi) is 7.90. The Morgan fingerprint density at radius 2 is 1.83 bits per heavy atom. The largest absolute Gasteiger partial charge is 0.494 e. The van der Waals surface area contributed by atoms with Crippen molar-refractivity contribution in [1.29, 1.82) is 5.26 Å². The van der Waals surface area contributed by atoms with Crippen LogP contribution in [-0.4, -0.2) is 30.9 Å². The van der Waals surface area contributed by atoms with Gasteiger partial charge in [0.15, 0.2) is 5.78 Å². The minimum atomic E-state index is -0.687. The first-order valence-corrected chi connectivity index (χ1v) is 10.1. The number of nitrogens with one attached hydrogen (secondary N) is 1. The summed E-state index contributed by atoms with van der Waals surface area (Å²) < 4.78 is 10.4. The lowest BCUT2D eigenvalue weighted by atomic mass is 10.1. The van der Waals surface area contributed by atoms with Crippen LogP contribution in [0.2, 0.25) is 0 Å². The third-order valence-electron chi connectivity index (χ3n) is 4.04. The summed E-state index contributed by atoms with van der Waals surface area (Å²) in [6, 6.07) is 8.80. The number of thiophene rings is 1. The monoisotopic (exact) mass is 426 g/mol. The molecule has 0 bridgehead atoms. The van der Waals surface area contributed by atoms with Crippen LogP contribution >= 0.6 is 11.3 Å². The van der Waals surface area contributed by atoms with Crippen molar-refractivity contribution in [2.45, 2.75) is 27.7 Å². The van der Waals surface area contributed by atoms with Gasteiger partial charge in [-0.05, 0) is 57.0 Å². The maximum atomic E-state index is 12.7. The van der Waals surface area contributed by atoms with Gasteiger partial charge in [-0.15, -0.1) is 11.3 Å². The zero-order valence-electron chi connectivity index (χ0n) is 17.2. The molecule has 7 nitrogen and oxygen atoms in total. The summed E-state index contributed by atoms with van der Waals surface area (Å²) in [5.41, 5.74) is 1.06. The minimum Gasteiger partial charge on any atom is -0.494 e. The number of ether oxygens (including phenoxy) is 2. The molecule has 0 fully saturated rings. The quantitative estimate of drug-likeness (QED) is 0.291. The van der Waals surface area contributed by atoms with E-state index in [4.69, 9.17) is 9.47 Å². The number of nitrogens with zero attached hydrogens (tertiary/aromatic N) is 1. The van der Waals surface area contributed by atoms with Crippen LogP contribution in [0.3, 0.4) is 0 Å². The Morgan fingerprint density at radius 3 is 2.37 bits per heavy atom. The van der Waals surface area contributed by atoms with Crippen molar-refractivity contribution in [3.05, 3.63) is 51.4 Å². The Morgan fingerprint density at radius 1 is 1.17 bits per heavy atom. The maximum Gasteiger partial charge on any atom is 0.341 e. The van der Waals surface area contributed by atoms with Gasteiger partial charge in [0.05, 0.1) is 23.7 Å². The normalized spacial score (nSPS) is 10.8. The second-order valence-electron chi connectivity index (χ2n) is 6.16. The van der Waals surface area contributed by atoms with E-state index < -0.39 is 11.9 Å². The van der Waals surface area contributed by atoms with E-state index in [1.165, 1.54) is 13.0 Å². The van der Waals surface area contributed by atoms with Crippen molar-refractivity contribution in [2.75, 3.05) is 18.5 Å². The summed E-state index contributed by atoms with van der Waals surface area (Å²) in [6.45, 7) is 7.23. The molecule has 0 saturated heterocycles. The van der Waals surface area contributed by atoms with E-state index in [0.29, 0.717) is 28.4 Å². The predicted octanol–water partition coefficient (Wildman–Crippen LogP) is 4.38. The minimum absolute atomic E-state index is 0.124. The fourth-order valence-corrected chi connectivity index (χ4v) is 3.78. The van der Waals surface area contributed by atoms with Gasteiger partial charge in [-0.3, -0.25) is 9.59 Å². The maximum absolute atomic E-state index is 12.7. The lowest BCUT2D eigenvalue weighted by Crippen LogP contribution is -2.16. The fraction of sp³-hybridized carbons (Fsp3) is 0.273. The number of amides is 1. The molecule has 0 spiro atoms. The van der Waals surface area contributed by atoms with Crippen molar-refractivity contribution in [1.82, 2.24) is 0 Å². The van der Waals surface area contributed by atoms with Gasteiger partial charge >= 0.3 is 5.97 Å². The Bertz CT molecular complexity index is 1030. The molecule has 0 unspecified atom stereocenters. The number of carbonyl (C=O) groups excluding carboxylic acids is 3. The number of Topliss-reactive ketones (excluding diaryl/α,β-unsaturated/α-hetero) is 1. The molecule has 0 aliphatic carbocycles. The average Bonchev–Trinajstić information content (AvgIpc) is 3.03. The standard InChI is InChI=1S/C22H22N2O5S/c1-5-28-17-9-7-15(8-10-17)11-16(12-23)20(26)24-21-18(22(27)29-6-2)13(3)19(30-21)14(4)25/h7-11H,5-6H2,1-4H3,(H,24,26)/b16-11+. The van der Waals surface area contributed by atoms with Crippen molar-refractivity contribution >= 4 is 40.1 Å². The molecule has 30 heavy (non-hydrogen) atoms. The molecule has 0 atom stereocenters. The number of nitriles is 1. The van der Waals surface area contributed by atoms with Crippen molar-refractivity contribution in [3.63, 3.8) is 0 Å². The van der Waals surface area contributed by atoms with Crippen molar-refractivity contribution < 1.29 is 23.9 Å². The lowest BCUT2D eigenvalue weighted by Gasteiger charge is -2.07. The molecule has 0 saturated carbocycles. The van der Waals surface area contributed by atoms with Crippen LogP contribution in [0.5, 0.6) is 5.75 Å². The number of benzene rings is 1. The third kappa shape index (κ3) is 5.33. The van der Waals surface area contributed by atoms with Gasteiger partial charge < -0.3 is 14.8 Å². The zero-order valence-corrected chi connectivity index (χ0v) is 18.0. The highest BCUT2D eigenvalue weighted by molar-refractivity contribution is 7.18. The molecule has 2 aromatic rings. The number of ketones is 1. The summed E-state index contributed by atoms with van der Waals surface area (Å²) in [5.74, 6) is -0.868. The second kappa shape index (κ2) is 10.4. The highest BCUT2D eigenvalue weighted by Crippen LogP contribution is 2.34. The summed E-state index contributed by atoms with van der Waals surface area (Å²) >= 11 is 0.983. The van der Waals surface area contributed by atoms with E-state index in [1.807, 2.05) is 13.0 Å². The smallest absolute Gasteiger partial charge is 0.341 e. The highest BCUT2D eigenvalue weighted by atomic mass is 32.1. The summed E-state index contributed by atoms with van der Waals surface area (Å²) in [5, 5.41) is 12.2. The van der Waals surface area contributed by atoms with Gasteiger partial charge in [-0.25, -0.2) is 4.79 Å². The summed E-state index contributed by atoms with van der Waals surface area (Å²) in [6.07, 6.45) is 1.43. The van der Waals surface area contributed by atoms with Crippen LogP contribution in [0, 0.1) is 18.3 Å². The zero-order chi connectivity index (χ0) is 22.3. The summed E-state index contributed by atoms with van der Waals surface area (Å²) in [7, 11) is 0. The summed E-state index contributed by atoms with van der Waals surface area (Å²) in [4.78, 5) is 37.3. The van der Waals surface area contributed by atoms with Crippen molar-refractivity contribution in [3.8, 4) is 11.8 Å². The van der Waals surface area contributed by atoms with Gasteiger partial charge in [0.2, 0.25) is 0 Å². The molecule has 1 amide bonds. The molecule has 0 aliphatic rings. The molecule has 2 rings (SSSR count). The highest BCUT2D eigenvalue weighted by Gasteiger charge is 2.26. The van der Waals surface area contributed by atoms with E-state index in [1.54, 1.807) is 38.1 Å². The molecule has 1 aromatic heterocycles. The molecular weight excluding hydrogens is 404 g/mol. The Labute approximate surface area is 178 Å². The SMILES string of the molecule is CCOC(=O)c1c(NC(=O)/C(C#N)=C/c2ccc(OCC)cc2)sc(C(C)=O)c1C. The molecule has 1 aromatic carbocycles. The van der Waals surface area contributed by atoms with E-state index >= 15 is 0 Å². The van der Waals surface area contributed by atoms with Gasteiger partial charge in [-0.2, -0.15) is 5.26 Å². The number of rotatable bonds is 8. The number of hydrogen-bond acceptors (Lipinski definition) is 7. The molecule has 1 heterocycles. The Balaban J connectivity index is 2.34. The number of hydrogen-bond donors (Lipinski definition) is 1. The molecular formula is C22H22N2O5S.